The highest BCUT2D eigenvalue weighted by Gasteiger charge is 2.20. The third-order valence-electron chi connectivity index (χ3n) is 3.49. The van der Waals surface area contributed by atoms with Crippen LogP contribution in [0.4, 0.5) is 5.69 Å². The Bertz CT molecular complexity index is 837. The summed E-state index contributed by atoms with van der Waals surface area (Å²) in [5, 5.41) is 12.0. The van der Waals surface area contributed by atoms with E-state index in [-0.39, 0.29) is 22.6 Å². The maximum atomic E-state index is 12.7. The van der Waals surface area contributed by atoms with E-state index in [9.17, 15) is 14.7 Å². The number of hydrogen-bond donors (Lipinski definition) is 2. The lowest BCUT2D eigenvalue weighted by Gasteiger charge is -2.15. The quantitative estimate of drug-likeness (QED) is 0.702. The Hall–Kier alpha value is -2.74. The molecule has 2 aromatic rings. The van der Waals surface area contributed by atoms with Gasteiger partial charge in [0.1, 0.15) is 5.75 Å². The number of carbonyl (C=O) groups excluding carboxylic acids is 1. The van der Waals surface area contributed by atoms with Gasteiger partial charge in [0.25, 0.3) is 5.91 Å². The number of aromatic carboxylic acids is 1. The summed E-state index contributed by atoms with van der Waals surface area (Å²) in [5.41, 5.74) is 0.235. The van der Waals surface area contributed by atoms with Crippen molar-refractivity contribution in [3.63, 3.8) is 0 Å². The average Bonchev–Trinajstić information content (AvgIpc) is 2.62. The van der Waals surface area contributed by atoms with Crippen LogP contribution in [0.25, 0.3) is 0 Å². The van der Waals surface area contributed by atoms with Crippen molar-refractivity contribution in [3.05, 3.63) is 45.9 Å². The van der Waals surface area contributed by atoms with Gasteiger partial charge in [-0.2, -0.15) is 0 Å². The molecule has 2 rings (SSSR count). The second kappa shape index (κ2) is 8.57. The largest absolute Gasteiger partial charge is 0.493 e. The zero-order valence-corrected chi connectivity index (χ0v) is 16.0. The fourth-order valence-corrected chi connectivity index (χ4v) is 2.67. The van der Waals surface area contributed by atoms with Gasteiger partial charge < -0.3 is 24.6 Å². The standard InChI is InChI=1S/C18H18BrNO6/c1-4-26-14-6-5-10(19)7-12(14)17(21)20-13-9-16(25-3)15(24-2)8-11(13)18(22)23/h5-9H,4H2,1-3H3,(H,20,21)(H,22,23). The number of carbonyl (C=O) groups is 2. The lowest BCUT2D eigenvalue weighted by atomic mass is 10.1. The fraction of sp³-hybridized carbons (Fsp3) is 0.222. The number of benzene rings is 2. The second-order valence-corrected chi connectivity index (χ2v) is 6.00. The second-order valence-electron chi connectivity index (χ2n) is 5.09. The Morgan fingerprint density at radius 3 is 2.27 bits per heavy atom. The molecule has 0 aromatic heterocycles. The number of anilines is 1. The summed E-state index contributed by atoms with van der Waals surface area (Å²) in [6.45, 7) is 2.19. The molecule has 0 saturated carbocycles. The van der Waals surface area contributed by atoms with Gasteiger partial charge in [-0.1, -0.05) is 15.9 Å². The Morgan fingerprint density at radius 1 is 1.04 bits per heavy atom. The topological polar surface area (TPSA) is 94.1 Å². The molecule has 7 nitrogen and oxygen atoms in total. The van der Waals surface area contributed by atoms with E-state index in [1.807, 2.05) is 0 Å². The lowest BCUT2D eigenvalue weighted by Crippen LogP contribution is -2.16. The third-order valence-corrected chi connectivity index (χ3v) is 3.98. The number of carboxylic acids is 1. The minimum absolute atomic E-state index is 0.0857. The number of hydrogen-bond acceptors (Lipinski definition) is 5. The van der Waals surface area contributed by atoms with Crippen LogP contribution in [-0.4, -0.2) is 37.8 Å². The van der Waals surface area contributed by atoms with Crippen molar-refractivity contribution in [1.29, 1.82) is 0 Å². The molecule has 0 saturated heterocycles. The predicted molar refractivity (Wildman–Crippen MR) is 99.8 cm³/mol. The van der Waals surface area contributed by atoms with Crippen LogP contribution in [0.15, 0.2) is 34.8 Å². The molecule has 0 radical (unpaired) electrons. The van der Waals surface area contributed by atoms with Crippen LogP contribution < -0.4 is 19.5 Å². The van der Waals surface area contributed by atoms with Gasteiger partial charge >= 0.3 is 5.97 Å². The van der Waals surface area contributed by atoms with Crippen molar-refractivity contribution in [2.75, 3.05) is 26.1 Å². The monoisotopic (exact) mass is 423 g/mol. The molecule has 0 heterocycles. The van der Waals surface area contributed by atoms with Gasteiger partial charge in [-0.25, -0.2) is 4.79 Å². The molecule has 8 heteroatoms. The summed E-state index contributed by atoms with van der Waals surface area (Å²) >= 11 is 3.31. The fourth-order valence-electron chi connectivity index (χ4n) is 2.31. The first kappa shape index (κ1) is 19.6. The van der Waals surface area contributed by atoms with Crippen molar-refractivity contribution in [1.82, 2.24) is 0 Å². The Kier molecular flexibility index (Phi) is 6.46. The van der Waals surface area contributed by atoms with E-state index in [2.05, 4.69) is 21.2 Å². The Balaban J connectivity index is 2.46. The smallest absolute Gasteiger partial charge is 0.337 e. The number of amides is 1. The summed E-state index contributed by atoms with van der Waals surface area (Å²) in [4.78, 5) is 24.3. The number of methoxy groups -OCH3 is 2. The lowest BCUT2D eigenvalue weighted by molar-refractivity contribution is 0.0697. The van der Waals surface area contributed by atoms with Gasteiger partial charge in [-0.15, -0.1) is 0 Å². The number of nitrogens with one attached hydrogen (secondary N) is 1. The molecule has 0 fully saturated rings. The van der Waals surface area contributed by atoms with E-state index in [0.717, 1.165) is 0 Å². The Labute approximate surface area is 159 Å². The molecule has 0 aliphatic heterocycles. The van der Waals surface area contributed by atoms with E-state index in [1.165, 1.54) is 26.4 Å². The summed E-state index contributed by atoms with van der Waals surface area (Å²) in [6.07, 6.45) is 0. The van der Waals surface area contributed by atoms with Gasteiger partial charge in [-0.3, -0.25) is 4.79 Å². The summed E-state index contributed by atoms with van der Waals surface area (Å²) in [5.74, 6) is -0.775. The molecule has 0 atom stereocenters. The van der Waals surface area contributed by atoms with Crippen molar-refractivity contribution in [3.8, 4) is 17.2 Å². The summed E-state index contributed by atoms with van der Waals surface area (Å²) in [7, 11) is 2.82. The van der Waals surface area contributed by atoms with Gasteiger partial charge in [0.2, 0.25) is 0 Å². The highest BCUT2D eigenvalue weighted by molar-refractivity contribution is 9.10. The van der Waals surface area contributed by atoms with E-state index in [4.69, 9.17) is 14.2 Å². The molecule has 1 amide bonds. The highest BCUT2D eigenvalue weighted by atomic mass is 79.9. The normalized spacial score (nSPS) is 10.2. The van der Waals surface area contributed by atoms with E-state index in [0.29, 0.717) is 22.6 Å². The van der Waals surface area contributed by atoms with E-state index >= 15 is 0 Å². The van der Waals surface area contributed by atoms with E-state index < -0.39 is 11.9 Å². The first-order valence-corrected chi connectivity index (χ1v) is 8.43. The van der Waals surface area contributed by atoms with Crippen LogP contribution in [0.3, 0.4) is 0 Å². The van der Waals surface area contributed by atoms with Crippen molar-refractivity contribution >= 4 is 33.5 Å². The van der Waals surface area contributed by atoms with Gasteiger partial charge in [0.05, 0.1) is 37.6 Å². The highest BCUT2D eigenvalue weighted by Crippen LogP contribution is 2.34. The average molecular weight is 424 g/mol. The van der Waals surface area contributed by atoms with Gasteiger partial charge in [0, 0.05) is 16.6 Å². The molecular weight excluding hydrogens is 406 g/mol. The van der Waals surface area contributed by atoms with Gasteiger partial charge in [-0.05, 0) is 25.1 Å². The minimum Gasteiger partial charge on any atom is -0.493 e. The molecule has 2 aromatic carbocycles. The molecule has 26 heavy (non-hydrogen) atoms. The molecule has 0 bridgehead atoms. The maximum Gasteiger partial charge on any atom is 0.337 e. The molecular formula is C18H18BrNO6. The molecule has 2 N–H and O–H groups in total. The van der Waals surface area contributed by atoms with Crippen molar-refractivity contribution in [2.24, 2.45) is 0 Å². The van der Waals surface area contributed by atoms with Crippen LogP contribution >= 0.6 is 15.9 Å². The maximum absolute atomic E-state index is 12.7. The number of rotatable bonds is 7. The molecule has 138 valence electrons. The van der Waals surface area contributed by atoms with E-state index in [1.54, 1.807) is 25.1 Å². The third kappa shape index (κ3) is 4.26. The SMILES string of the molecule is CCOc1ccc(Br)cc1C(=O)Nc1cc(OC)c(OC)cc1C(=O)O. The van der Waals surface area contributed by atoms with Crippen LogP contribution in [0.5, 0.6) is 17.2 Å². The minimum atomic E-state index is -1.21. The first-order valence-electron chi connectivity index (χ1n) is 7.64. The van der Waals surface area contributed by atoms with Crippen LogP contribution in [-0.2, 0) is 0 Å². The molecule has 0 spiro atoms. The molecule has 0 unspecified atom stereocenters. The zero-order valence-electron chi connectivity index (χ0n) is 14.5. The number of ether oxygens (including phenoxy) is 3. The summed E-state index contributed by atoms with van der Waals surface area (Å²) < 4.78 is 16.4. The molecule has 0 aliphatic rings. The zero-order chi connectivity index (χ0) is 19.3. The van der Waals surface area contributed by atoms with Crippen molar-refractivity contribution in [2.45, 2.75) is 6.92 Å². The van der Waals surface area contributed by atoms with Crippen LogP contribution in [0, 0.1) is 0 Å². The number of carboxylic acid groups (broad SMARTS) is 1. The van der Waals surface area contributed by atoms with Crippen molar-refractivity contribution < 1.29 is 28.9 Å². The van der Waals surface area contributed by atoms with Crippen LogP contribution in [0.2, 0.25) is 0 Å². The summed E-state index contributed by atoms with van der Waals surface area (Å²) in [6, 6.07) is 7.71. The number of halogens is 1. The predicted octanol–water partition coefficient (Wildman–Crippen LogP) is 3.82. The molecule has 0 aliphatic carbocycles. The van der Waals surface area contributed by atoms with Gasteiger partial charge in [0.15, 0.2) is 11.5 Å². The van der Waals surface area contributed by atoms with Crippen LogP contribution in [0.1, 0.15) is 27.6 Å². The first-order chi connectivity index (χ1) is 12.4. The Morgan fingerprint density at radius 2 is 1.69 bits per heavy atom.